The van der Waals surface area contributed by atoms with E-state index in [-0.39, 0.29) is 5.69 Å². The molecule has 0 atom stereocenters. The lowest BCUT2D eigenvalue weighted by atomic mass is 10.2. The standard InChI is InChI=1S/C26H25N5O2S/c1-18-8-12-20(13-9-18)31-24(19-10-14-21(33-2)15-11-19)28-29-26(31)34-17-5-16-30-23-7-4-3-6-22(23)27-25(30)32/h3-4,6-15H,5,16-17H2,1-2H3,(H,27,32). The third kappa shape index (κ3) is 4.36. The van der Waals surface area contributed by atoms with Crippen molar-refractivity contribution in [3.8, 4) is 22.8 Å². The van der Waals surface area contributed by atoms with Crippen molar-refractivity contribution >= 4 is 22.8 Å². The zero-order valence-corrected chi connectivity index (χ0v) is 19.9. The van der Waals surface area contributed by atoms with Gasteiger partial charge < -0.3 is 9.72 Å². The molecule has 34 heavy (non-hydrogen) atoms. The Hall–Kier alpha value is -3.78. The third-order valence-corrected chi connectivity index (χ3v) is 6.73. The number of thioether (sulfide) groups is 1. The fourth-order valence-electron chi connectivity index (χ4n) is 3.93. The van der Waals surface area contributed by atoms with Crippen molar-refractivity contribution in [1.82, 2.24) is 24.3 Å². The fourth-order valence-corrected chi connectivity index (χ4v) is 4.81. The van der Waals surface area contributed by atoms with Crippen molar-refractivity contribution in [2.24, 2.45) is 0 Å². The highest BCUT2D eigenvalue weighted by molar-refractivity contribution is 7.99. The molecular formula is C26H25N5O2S. The van der Waals surface area contributed by atoms with Crippen LogP contribution in [0.1, 0.15) is 12.0 Å². The zero-order chi connectivity index (χ0) is 23.5. The van der Waals surface area contributed by atoms with Crippen LogP contribution in [0.5, 0.6) is 5.75 Å². The number of hydrogen-bond acceptors (Lipinski definition) is 5. The molecular weight excluding hydrogens is 446 g/mol. The van der Waals surface area contributed by atoms with Crippen LogP contribution in [-0.4, -0.2) is 37.2 Å². The maximum absolute atomic E-state index is 12.3. The average Bonchev–Trinajstić information content (AvgIpc) is 3.43. The van der Waals surface area contributed by atoms with E-state index in [2.05, 4.69) is 50.9 Å². The van der Waals surface area contributed by atoms with Gasteiger partial charge in [0.25, 0.3) is 0 Å². The summed E-state index contributed by atoms with van der Waals surface area (Å²) in [6, 6.07) is 23.9. The molecule has 3 aromatic carbocycles. The van der Waals surface area contributed by atoms with Gasteiger partial charge in [-0.05, 0) is 61.9 Å². The molecule has 0 aliphatic rings. The van der Waals surface area contributed by atoms with Gasteiger partial charge in [-0.2, -0.15) is 0 Å². The largest absolute Gasteiger partial charge is 0.497 e. The van der Waals surface area contributed by atoms with Crippen molar-refractivity contribution in [2.75, 3.05) is 12.9 Å². The molecule has 172 valence electrons. The molecule has 0 spiro atoms. The van der Waals surface area contributed by atoms with Gasteiger partial charge in [0.1, 0.15) is 5.75 Å². The number of ether oxygens (including phenoxy) is 1. The van der Waals surface area contributed by atoms with Crippen LogP contribution in [0.2, 0.25) is 0 Å². The fraction of sp³-hybridized carbons (Fsp3) is 0.192. The van der Waals surface area contributed by atoms with E-state index in [0.29, 0.717) is 6.54 Å². The molecule has 0 fully saturated rings. The van der Waals surface area contributed by atoms with Gasteiger partial charge in [-0.1, -0.05) is 41.6 Å². The van der Waals surface area contributed by atoms with Crippen LogP contribution < -0.4 is 10.4 Å². The van der Waals surface area contributed by atoms with E-state index < -0.39 is 0 Å². The maximum atomic E-state index is 12.3. The maximum Gasteiger partial charge on any atom is 0.326 e. The van der Waals surface area contributed by atoms with Crippen LogP contribution in [0.3, 0.4) is 0 Å². The number of aromatic nitrogens is 5. The molecule has 0 aliphatic carbocycles. The summed E-state index contributed by atoms with van der Waals surface area (Å²) >= 11 is 1.64. The summed E-state index contributed by atoms with van der Waals surface area (Å²) in [6.07, 6.45) is 0.824. The molecule has 0 radical (unpaired) electrons. The highest BCUT2D eigenvalue weighted by Crippen LogP contribution is 2.29. The number of H-pyrrole nitrogens is 1. The molecule has 2 aromatic heterocycles. The Kier molecular flexibility index (Phi) is 6.22. The summed E-state index contributed by atoms with van der Waals surface area (Å²) in [7, 11) is 1.66. The molecule has 0 saturated carbocycles. The van der Waals surface area contributed by atoms with Crippen LogP contribution in [-0.2, 0) is 6.54 Å². The number of nitrogens with one attached hydrogen (secondary N) is 1. The van der Waals surface area contributed by atoms with Gasteiger partial charge in [0.05, 0.1) is 18.1 Å². The minimum absolute atomic E-state index is 0.0733. The molecule has 8 heteroatoms. The lowest BCUT2D eigenvalue weighted by Gasteiger charge is -2.11. The van der Waals surface area contributed by atoms with Crippen molar-refractivity contribution in [2.45, 2.75) is 25.0 Å². The predicted octanol–water partition coefficient (Wildman–Crippen LogP) is 5.08. The second-order valence-corrected chi connectivity index (χ2v) is 9.07. The highest BCUT2D eigenvalue weighted by Gasteiger charge is 2.16. The van der Waals surface area contributed by atoms with Gasteiger partial charge >= 0.3 is 5.69 Å². The Bertz CT molecular complexity index is 1470. The van der Waals surface area contributed by atoms with Crippen molar-refractivity contribution in [3.63, 3.8) is 0 Å². The molecule has 0 unspecified atom stereocenters. The van der Waals surface area contributed by atoms with Crippen molar-refractivity contribution < 1.29 is 4.74 Å². The topological polar surface area (TPSA) is 77.7 Å². The Balaban J connectivity index is 1.38. The number of methoxy groups -OCH3 is 1. The SMILES string of the molecule is COc1ccc(-c2nnc(SCCCn3c(=O)[nH]c4ccccc43)n2-c2ccc(C)cc2)cc1. The minimum atomic E-state index is -0.0733. The summed E-state index contributed by atoms with van der Waals surface area (Å²) in [5, 5.41) is 9.84. The number of fused-ring (bicyclic) bond motifs is 1. The number of benzene rings is 3. The van der Waals surface area contributed by atoms with E-state index in [0.717, 1.165) is 51.2 Å². The minimum Gasteiger partial charge on any atom is -0.497 e. The average molecular weight is 472 g/mol. The van der Waals surface area contributed by atoms with Crippen LogP contribution in [0, 0.1) is 6.92 Å². The number of nitrogens with zero attached hydrogens (tertiary/aromatic N) is 4. The Morgan fingerprint density at radius 1 is 0.971 bits per heavy atom. The lowest BCUT2D eigenvalue weighted by Crippen LogP contribution is -2.17. The monoisotopic (exact) mass is 471 g/mol. The number of aryl methyl sites for hydroxylation is 2. The second-order valence-electron chi connectivity index (χ2n) is 8.01. The Morgan fingerprint density at radius 2 is 1.74 bits per heavy atom. The summed E-state index contributed by atoms with van der Waals surface area (Å²) < 4.78 is 9.18. The first-order chi connectivity index (χ1) is 16.6. The van der Waals surface area contributed by atoms with E-state index in [9.17, 15) is 4.79 Å². The molecule has 2 heterocycles. The third-order valence-electron chi connectivity index (χ3n) is 5.71. The molecule has 7 nitrogen and oxygen atoms in total. The van der Waals surface area contributed by atoms with Gasteiger partial charge in [-0.15, -0.1) is 10.2 Å². The van der Waals surface area contributed by atoms with Gasteiger partial charge in [-0.25, -0.2) is 4.79 Å². The van der Waals surface area contributed by atoms with Crippen molar-refractivity contribution in [3.05, 3.63) is 88.8 Å². The number of para-hydroxylation sites is 2. The Labute approximate surface area is 201 Å². The first-order valence-electron chi connectivity index (χ1n) is 11.1. The summed E-state index contributed by atoms with van der Waals surface area (Å²) in [5.74, 6) is 2.38. The molecule has 5 rings (SSSR count). The molecule has 0 amide bonds. The van der Waals surface area contributed by atoms with Gasteiger partial charge in [0.15, 0.2) is 11.0 Å². The predicted molar refractivity (Wildman–Crippen MR) is 136 cm³/mol. The smallest absolute Gasteiger partial charge is 0.326 e. The number of rotatable bonds is 8. The summed E-state index contributed by atoms with van der Waals surface area (Å²) in [6.45, 7) is 2.71. The first kappa shape index (κ1) is 22.0. The van der Waals surface area contributed by atoms with Crippen LogP contribution in [0.15, 0.2) is 82.7 Å². The van der Waals surface area contributed by atoms with Gasteiger partial charge in [0.2, 0.25) is 0 Å². The van der Waals surface area contributed by atoms with Crippen LogP contribution in [0.4, 0.5) is 0 Å². The zero-order valence-electron chi connectivity index (χ0n) is 19.1. The van der Waals surface area contributed by atoms with Crippen LogP contribution >= 0.6 is 11.8 Å². The molecule has 0 aliphatic heterocycles. The molecule has 1 N–H and O–H groups in total. The van der Waals surface area contributed by atoms with E-state index in [1.165, 1.54) is 5.56 Å². The van der Waals surface area contributed by atoms with Crippen LogP contribution in [0.25, 0.3) is 28.1 Å². The first-order valence-corrected chi connectivity index (χ1v) is 12.1. The normalized spacial score (nSPS) is 11.2. The van der Waals surface area contributed by atoms with E-state index >= 15 is 0 Å². The van der Waals surface area contributed by atoms with E-state index in [1.807, 2.05) is 48.5 Å². The lowest BCUT2D eigenvalue weighted by molar-refractivity contribution is 0.415. The molecule has 0 bridgehead atoms. The summed E-state index contributed by atoms with van der Waals surface area (Å²) in [5.41, 5.74) is 4.89. The number of imidazole rings is 1. The number of aromatic amines is 1. The van der Waals surface area contributed by atoms with Gasteiger partial charge in [0, 0.05) is 23.5 Å². The quantitative estimate of drug-likeness (QED) is 0.252. The Morgan fingerprint density at radius 3 is 2.50 bits per heavy atom. The van der Waals surface area contributed by atoms with E-state index in [4.69, 9.17) is 4.74 Å². The molecule has 5 aromatic rings. The van der Waals surface area contributed by atoms with Gasteiger partial charge in [-0.3, -0.25) is 9.13 Å². The number of hydrogen-bond donors (Lipinski definition) is 1. The van der Waals surface area contributed by atoms with Crippen molar-refractivity contribution in [1.29, 1.82) is 0 Å². The summed E-state index contributed by atoms with van der Waals surface area (Å²) in [4.78, 5) is 15.3. The van der Waals surface area contributed by atoms with E-state index in [1.54, 1.807) is 23.4 Å². The highest BCUT2D eigenvalue weighted by atomic mass is 32.2. The second kappa shape index (κ2) is 9.61. The molecule has 0 saturated heterocycles.